The number of hydrogen-bond acceptors (Lipinski definition) is 3. The van der Waals surface area contributed by atoms with Gasteiger partial charge in [-0.1, -0.05) is 6.07 Å². The lowest BCUT2D eigenvalue weighted by atomic mass is 9.90. The molecule has 0 atom stereocenters. The van der Waals surface area contributed by atoms with Crippen LogP contribution in [0.4, 0.5) is 10.1 Å². The van der Waals surface area contributed by atoms with Gasteiger partial charge in [0.1, 0.15) is 11.4 Å². The maximum absolute atomic E-state index is 13.1. The Labute approximate surface area is 117 Å². The molecule has 1 aromatic carbocycles. The zero-order valence-corrected chi connectivity index (χ0v) is 11.6. The zero-order valence-electron chi connectivity index (χ0n) is 10.7. The number of aryl methyl sites for hydroxylation is 1. The molecule has 0 bridgehead atoms. The minimum absolute atomic E-state index is 0. The Morgan fingerprint density at radius 2 is 2.05 bits per heavy atom. The summed E-state index contributed by atoms with van der Waals surface area (Å²) in [5.74, 6) is -0.659. The van der Waals surface area contributed by atoms with Crippen molar-refractivity contribution >= 4 is 24.0 Å². The highest BCUT2D eigenvalue weighted by molar-refractivity contribution is 5.98. The second-order valence-corrected chi connectivity index (χ2v) is 4.68. The van der Waals surface area contributed by atoms with Crippen LogP contribution in [-0.2, 0) is 9.53 Å². The third kappa shape index (κ3) is 3.65. The fourth-order valence-electron chi connectivity index (χ4n) is 1.94. The molecule has 0 unspecified atom stereocenters. The van der Waals surface area contributed by atoms with Gasteiger partial charge in [0.2, 0.25) is 5.91 Å². The molecule has 1 heterocycles. The fraction of sp³-hybridized carbons (Fsp3) is 0.462. The first kappa shape index (κ1) is 15.9. The monoisotopic (exact) mass is 288 g/mol. The Morgan fingerprint density at radius 1 is 1.42 bits per heavy atom. The van der Waals surface area contributed by atoms with E-state index in [1.54, 1.807) is 6.07 Å². The number of anilines is 1. The van der Waals surface area contributed by atoms with Crippen molar-refractivity contribution in [2.75, 3.05) is 18.5 Å². The van der Waals surface area contributed by atoms with Gasteiger partial charge in [-0.25, -0.2) is 4.39 Å². The second-order valence-electron chi connectivity index (χ2n) is 4.68. The molecule has 2 rings (SSSR count). The fourth-order valence-corrected chi connectivity index (χ4v) is 1.94. The Balaban J connectivity index is 0.00000180. The maximum Gasteiger partial charge on any atom is 0.244 e. The van der Waals surface area contributed by atoms with Crippen molar-refractivity contribution in [2.24, 2.45) is 5.73 Å². The van der Waals surface area contributed by atoms with Crippen LogP contribution in [0.15, 0.2) is 18.2 Å². The first-order chi connectivity index (χ1) is 8.51. The van der Waals surface area contributed by atoms with Crippen LogP contribution in [0.5, 0.6) is 0 Å². The molecule has 0 aromatic heterocycles. The van der Waals surface area contributed by atoms with E-state index >= 15 is 0 Å². The van der Waals surface area contributed by atoms with Gasteiger partial charge in [-0.05, 0) is 37.5 Å². The third-order valence-corrected chi connectivity index (χ3v) is 3.29. The van der Waals surface area contributed by atoms with E-state index in [9.17, 15) is 9.18 Å². The maximum atomic E-state index is 13.1. The molecule has 0 saturated carbocycles. The first-order valence-electron chi connectivity index (χ1n) is 5.95. The quantitative estimate of drug-likeness (QED) is 0.875. The van der Waals surface area contributed by atoms with Crippen molar-refractivity contribution < 1.29 is 13.9 Å². The van der Waals surface area contributed by atoms with Crippen molar-refractivity contribution in [1.82, 2.24) is 0 Å². The van der Waals surface area contributed by atoms with Gasteiger partial charge in [-0.3, -0.25) is 4.79 Å². The number of rotatable bonds is 2. The van der Waals surface area contributed by atoms with E-state index in [1.165, 1.54) is 12.1 Å². The Hall–Kier alpha value is -1.17. The number of nitrogens with two attached hydrogens (primary N) is 1. The molecule has 0 aliphatic carbocycles. The number of carbonyl (C=O) groups is 1. The van der Waals surface area contributed by atoms with Gasteiger partial charge in [-0.15, -0.1) is 12.4 Å². The largest absolute Gasteiger partial charge is 0.381 e. The molecule has 0 radical (unpaired) electrons. The highest BCUT2D eigenvalue weighted by atomic mass is 35.5. The molecule has 1 aliphatic heterocycles. The van der Waals surface area contributed by atoms with E-state index in [0.29, 0.717) is 31.7 Å². The molecule has 0 spiro atoms. The summed E-state index contributed by atoms with van der Waals surface area (Å²) in [6.45, 7) is 2.76. The Kier molecular flexibility index (Phi) is 5.29. The number of nitrogens with one attached hydrogen (secondary N) is 1. The smallest absolute Gasteiger partial charge is 0.244 e. The lowest BCUT2D eigenvalue weighted by molar-refractivity contribution is -0.124. The van der Waals surface area contributed by atoms with Gasteiger partial charge < -0.3 is 15.8 Å². The zero-order chi connectivity index (χ0) is 13.2. The van der Waals surface area contributed by atoms with Crippen molar-refractivity contribution in [3.63, 3.8) is 0 Å². The summed E-state index contributed by atoms with van der Waals surface area (Å²) in [7, 11) is 0. The van der Waals surface area contributed by atoms with Gasteiger partial charge in [0.25, 0.3) is 0 Å². The Bertz CT molecular complexity index is 462. The SMILES string of the molecule is Cc1ccc(F)cc1NC(=O)C1(N)CCOCC1.Cl. The predicted octanol–water partition coefficient (Wildman–Crippen LogP) is 2.00. The number of benzene rings is 1. The lowest BCUT2D eigenvalue weighted by Crippen LogP contribution is -2.54. The molecule has 19 heavy (non-hydrogen) atoms. The molecule has 1 aromatic rings. The molecule has 1 aliphatic rings. The number of amides is 1. The van der Waals surface area contributed by atoms with Gasteiger partial charge in [-0.2, -0.15) is 0 Å². The van der Waals surface area contributed by atoms with Gasteiger partial charge >= 0.3 is 0 Å². The van der Waals surface area contributed by atoms with E-state index in [-0.39, 0.29) is 24.1 Å². The van der Waals surface area contributed by atoms with E-state index in [4.69, 9.17) is 10.5 Å². The highest BCUT2D eigenvalue weighted by Gasteiger charge is 2.36. The molecule has 6 heteroatoms. The normalized spacial score (nSPS) is 17.4. The number of halogens is 2. The average molecular weight is 289 g/mol. The van der Waals surface area contributed by atoms with Crippen LogP contribution in [0.2, 0.25) is 0 Å². The summed E-state index contributed by atoms with van der Waals surface area (Å²) in [5, 5.41) is 2.70. The predicted molar refractivity (Wildman–Crippen MR) is 74.0 cm³/mol. The summed E-state index contributed by atoms with van der Waals surface area (Å²) < 4.78 is 18.3. The van der Waals surface area contributed by atoms with Gasteiger partial charge in [0.05, 0.1) is 0 Å². The van der Waals surface area contributed by atoms with Crippen molar-refractivity contribution in [3.05, 3.63) is 29.6 Å². The number of carbonyl (C=O) groups excluding carboxylic acids is 1. The van der Waals surface area contributed by atoms with E-state index in [1.807, 2.05) is 6.92 Å². The number of ether oxygens (including phenoxy) is 1. The van der Waals surface area contributed by atoms with Crippen LogP contribution in [0.25, 0.3) is 0 Å². The van der Waals surface area contributed by atoms with E-state index in [2.05, 4.69) is 5.32 Å². The molecule has 3 N–H and O–H groups in total. The molecule has 4 nitrogen and oxygen atoms in total. The summed E-state index contributed by atoms with van der Waals surface area (Å²) >= 11 is 0. The van der Waals surface area contributed by atoms with E-state index in [0.717, 1.165) is 5.56 Å². The van der Waals surface area contributed by atoms with Crippen LogP contribution in [0.1, 0.15) is 18.4 Å². The van der Waals surface area contributed by atoms with Gasteiger partial charge in [0, 0.05) is 18.9 Å². The van der Waals surface area contributed by atoms with Crippen LogP contribution in [0.3, 0.4) is 0 Å². The van der Waals surface area contributed by atoms with Crippen LogP contribution in [0, 0.1) is 12.7 Å². The molecule has 106 valence electrons. The van der Waals surface area contributed by atoms with Crippen LogP contribution < -0.4 is 11.1 Å². The third-order valence-electron chi connectivity index (χ3n) is 3.29. The van der Waals surface area contributed by atoms with Crippen molar-refractivity contribution in [3.8, 4) is 0 Å². The molecular weight excluding hydrogens is 271 g/mol. The molecule has 1 saturated heterocycles. The van der Waals surface area contributed by atoms with Crippen LogP contribution in [-0.4, -0.2) is 24.7 Å². The van der Waals surface area contributed by atoms with Crippen molar-refractivity contribution in [2.45, 2.75) is 25.3 Å². The summed E-state index contributed by atoms with van der Waals surface area (Å²) in [5.41, 5.74) is 6.41. The van der Waals surface area contributed by atoms with Gasteiger partial charge in [0.15, 0.2) is 0 Å². The summed E-state index contributed by atoms with van der Waals surface area (Å²) in [6, 6.07) is 4.28. The lowest BCUT2D eigenvalue weighted by Gasteiger charge is -2.31. The topological polar surface area (TPSA) is 64.4 Å². The highest BCUT2D eigenvalue weighted by Crippen LogP contribution is 2.22. The summed E-state index contributed by atoms with van der Waals surface area (Å²) in [6.07, 6.45) is 0.959. The van der Waals surface area contributed by atoms with Crippen molar-refractivity contribution in [1.29, 1.82) is 0 Å². The molecular formula is C13H18ClFN2O2. The minimum atomic E-state index is -0.920. The van der Waals surface area contributed by atoms with E-state index < -0.39 is 5.54 Å². The number of hydrogen-bond donors (Lipinski definition) is 2. The molecule has 1 fully saturated rings. The molecule has 1 amide bonds. The van der Waals surface area contributed by atoms with Crippen LogP contribution >= 0.6 is 12.4 Å². The minimum Gasteiger partial charge on any atom is -0.381 e. The standard InChI is InChI=1S/C13H17FN2O2.ClH/c1-9-2-3-10(14)8-11(9)16-12(17)13(15)4-6-18-7-5-13;/h2-3,8H,4-7,15H2,1H3,(H,16,17);1H. The average Bonchev–Trinajstić information content (AvgIpc) is 2.35. The Morgan fingerprint density at radius 3 is 2.68 bits per heavy atom. The first-order valence-corrected chi connectivity index (χ1v) is 5.95. The summed E-state index contributed by atoms with van der Waals surface area (Å²) in [4.78, 5) is 12.1. The second kappa shape index (κ2) is 6.32.